The molecule has 2 aromatic carbocycles. The lowest BCUT2D eigenvalue weighted by Crippen LogP contribution is -2.38. The molecule has 0 bridgehead atoms. The van der Waals surface area contributed by atoms with Gasteiger partial charge in [-0.05, 0) is 30.2 Å². The number of aryl methyl sites for hydroxylation is 1. The fourth-order valence-electron chi connectivity index (χ4n) is 3.09. The van der Waals surface area contributed by atoms with Crippen molar-refractivity contribution in [2.45, 2.75) is 20.0 Å². The number of urea groups is 1. The van der Waals surface area contributed by atoms with Crippen molar-refractivity contribution in [2.24, 2.45) is 0 Å². The number of hydrogen-bond acceptors (Lipinski definition) is 4. The molecule has 2 N–H and O–H groups in total. The Kier molecular flexibility index (Phi) is 7.70. The van der Waals surface area contributed by atoms with Crippen molar-refractivity contribution < 1.29 is 14.3 Å². The zero-order valence-corrected chi connectivity index (χ0v) is 16.4. The van der Waals surface area contributed by atoms with Crippen LogP contribution in [0.25, 0.3) is 0 Å². The smallest absolute Gasteiger partial charge is 0.315 e. The van der Waals surface area contributed by atoms with Gasteiger partial charge in [0.05, 0.1) is 19.8 Å². The molecule has 1 saturated heterocycles. The Labute approximate surface area is 166 Å². The van der Waals surface area contributed by atoms with E-state index in [1.54, 1.807) is 0 Å². The summed E-state index contributed by atoms with van der Waals surface area (Å²) in [4.78, 5) is 14.4. The first-order chi connectivity index (χ1) is 13.7. The van der Waals surface area contributed by atoms with Crippen molar-refractivity contribution in [3.05, 3.63) is 65.2 Å². The lowest BCUT2D eigenvalue weighted by atomic mass is 10.1. The summed E-state index contributed by atoms with van der Waals surface area (Å²) in [5.41, 5.74) is 3.58. The summed E-state index contributed by atoms with van der Waals surface area (Å²) in [5, 5.41) is 5.77. The Balaban J connectivity index is 1.38. The van der Waals surface area contributed by atoms with Crippen LogP contribution in [0.1, 0.15) is 16.7 Å². The number of amides is 2. The molecule has 0 aromatic heterocycles. The van der Waals surface area contributed by atoms with Gasteiger partial charge in [0, 0.05) is 26.2 Å². The first-order valence-electron chi connectivity index (χ1n) is 9.79. The van der Waals surface area contributed by atoms with Crippen molar-refractivity contribution in [2.75, 3.05) is 39.5 Å². The SMILES string of the molecule is Cc1ccc(OCCNC(=O)NCc2ccccc2CN2CCOCC2)cc1. The van der Waals surface area contributed by atoms with Crippen molar-refractivity contribution in [1.82, 2.24) is 15.5 Å². The first kappa shape index (κ1) is 20.2. The van der Waals surface area contributed by atoms with Gasteiger partial charge in [0.2, 0.25) is 0 Å². The van der Waals surface area contributed by atoms with Gasteiger partial charge in [-0.3, -0.25) is 4.90 Å². The first-order valence-corrected chi connectivity index (χ1v) is 9.79. The molecule has 0 unspecified atom stereocenters. The lowest BCUT2D eigenvalue weighted by Gasteiger charge is -2.27. The zero-order chi connectivity index (χ0) is 19.6. The molecule has 0 aliphatic carbocycles. The minimum Gasteiger partial charge on any atom is -0.492 e. The second-order valence-electron chi connectivity index (χ2n) is 6.93. The molecule has 3 rings (SSSR count). The van der Waals surface area contributed by atoms with Crippen LogP contribution in [0.5, 0.6) is 5.75 Å². The van der Waals surface area contributed by atoms with E-state index in [0.29, 0.717) is 19.7 Å². The monoisotopic (exact) mass is 383 g/mol. The molecule has 2 amide bonds. The topological polar surface area (TPSA) is 62.8 Å². The Morgan fingerprint density at radius 3 is 2.50 bits per heavy atom. The third-order valence-corrected chi connectivity index (χ3v) is 4.73. The Morgan fingerprint density at radius 2 is 1.75 bits per heavy atom. The highest BCUT2D eigenvalue weighted by Gasteiger charge is 2.13. The zero-order valence-electron chi connectivity index (χ0n) is 16.4. The molecule has 2 aromatic rings. The average molecular weight is 383 g/mol. The molecule has 0 atom stereocenters. The van der Waals surface area contributed by atoms with Crippen LogP contribution in [0.3, 0.4) is 0 Å². The van der Waals surface area contributed by atoms with Crippen LogP contribution in [-0.2, 0) is 17.8 Å². The van der Waals surface area contributed by atoms with E-state index in [2.05, 4.69) is 27.7 Å². The van der Waals surface area contributed by atoms with Gasteiger partial charge in [-0.2, -0.15) is 0 Å². The second-order valence-corrected chi connectivity index (χ2v) is 6.93. The Bertz CT molecular complexity index is 743. The van der Waals surface area contributed by atoms with E-state index in [0.717, 1.165) is 44.2 Å². The summed E-state index contributed by atoms with van der Waals surface area (Å²) in [6.45, 7) is 7.78. The van der Waals surface area contributed by atoms with Gasteiger partial charge in [-0.25, -0.2) is 4.79 Å². The van der Waals surface area contributed by atoms with E-state index in [9.17, 15) is 4.79 Å². The molecule has 1 aliphatic heterocycles. The molecule has 1 aliphatic rings. The predicted molar refractivity (Wildman–Crippen MR) is 109 cm³/mol. The molecular formula is C22H29N3O3. The molecule has 1 heterocycles. The minimum absolute atomic E-state index is 0.186. The van der Waals surface area contributed by atoms with Crippen LogP contribution in [0.4, 0.5) is 4.79 Å². The van der Waals surface area contributed by atoms with Crippen LogP contribution in [0, 0.1) is 6.92 Å². The summed E-state index contributed by atoms with van der Waals surface area (Å²) < 4.78 is 11.0. The van der Waals surface area contributed by atoms with Gasteiger partial charge in [-0.1, -0.05) is 42.0 Å². The standard InChI is InChI=1S/C22H29N3O3/c1-18-6-8-21(9-7-18)28-13-10-23-22(26)24-16-19-4-2-3-5-20(19)17-25-11-14-27-15-12-25/h2-9H,10-17H2,1H3,(H2,23,24,26). The largest absolute Gasteiger partial charge is 0.492 e. The third-order valence-electron chi connectivity index (χ3n) is 4.73. The van der Waals surface area contributed by atoms with Crippen molar-refractivity contribution in [3.63, 3.8) is 0 Å². The number of nitrogens with zero attached hydrogens (tertiary/aromatic N) is 1. The average Bonchev–Trinajstić information content (AvgIpc) is 2.73. The van der Waals surface area contributed by atoms with Crippen LogP contribution < -0.4 is 15.4 Å². The fraction of sp³-hybridized carbons (Fsp3) is 0.409. The summed E-state index contributed by atoms with van der Waals surface area (Å²) in [5.74, 6) is 0.810. The molecule has 0 spiro atoms. The second kappa shape index (κ2) is 10.7. The molecule has 28 heavy (non-hydrogen) atoms. The third kappa shape index (κ3) is 6.55. The molecule has 6 nitrogen and oxygen atoms in total. The number of rotatable bonds is 8. The minimum atomic E-state index is -0.186. The van der Waals surface area contributed by atoms with Crippen LogP contribution in [0.2, 0.25) is 0 Å². The van der Waals surface area contributed by atoms with E-state index in [1.807, 2.05) is 43.3 Å². The van der Waals surface area contributed by atoms with Crippen molar-refractivity contribution in [3.8, 4) is 5.75 Å². The number of hydrogen-bond donors (Lipinski definition) is 2. The summed E-state index contributed by atoms with van der Waals surface area (Å²) in [6, 6.07) is 15.9. The van der Waals surface area contributed by atoms with E-state index in [1.165, 1.54) is 11.1 Å². The Morgan fingerprint density at radius 1 is 1.04 bits per heavy atom. The summed E-state index contributed by atoms with van der Waals surface area (Å²) in [6.07, 6.45) is 0. The maximum absolute atomic E-state index is 12.1. The van der Waals surface area contributed by atoms with Crippen molar-refractivity contribution >= 4 is 6.03 Å². The van der Waals surface area contributed by atoms with Gasteiger partial charge < -0.3 is 20.1 Å². The number of morpholine rings is 1. The molecule has 0 saturated carbocycles. The van der Waals surface area contributed by atoms with Crippen LogP contribution in [-0.4, -0.2) is 50.4 Å². The van der Waals surface area contributed by atoms with Crippen molar-refractivity contribution in [1.29, 1.82) is 0 Å². The van der Waals surface area contributed by atoms with Gasteiger partial charge in [0.15, 0.2) is 0 Å². The lowest BCUT2D eigenvalue weighted by molar-refractivity contribution is 0.0341. The molecule has 0 radical (unpaired) electrons. The van der Waals surface area contributed by atoms with Gasteiger partial charge in [-0.15, -0.1) is 0 Å². The van der Waals surface area contributed by atoms with Gasteiger partial charge in [0.25, 0.3) is 0 Å². The highest BCUT2D eigenvalue weighted by Crippen LogP contribution is 2.13. The molecule has 1 fully saturated rings. The maximum Gasteiger partial charge on any atom is 0.315 e. The Hall–Kier alpha value is -2.57. The molecule has 150 valence electrons. The molecule has 6 heteroatoms. The van der Waals surface area contributed by atoms with Gasteiger partial charge in [0.1, 0.15) is 12.4 Å². The van der Waals surface area contributed by atoms with Gasteiger partial charge >= 0.3 is 6.03 Å². The highest BCUT2D eigenvalue weighted by atomic mass is 16.5. The van der Waals surface area contributed by atoms with E-state index >= 15 is 0 Å². The normalized spacial score (nSPS) is 14.5. The quantitative estimate of drug-likeness (QED) is 0.688. The number of nitrogens with one attached hydrogen (secondary N) is 2. The number of ether oxygens (including phenoxy) is 2. The number of carbonyl (C=O) groups is 1. The highest BCUT2D eigenvalue weighted by molar-refractivity contribution is 5.73. The molecular weight excluding hydrogens is 354 g/mol. The van der Waals surface area contributed by atoms with E-state index in [-0.39, 0.29) is 6.03 Å². The van der Waals surface area contributed by atoms with Crippen LogP contribution in [0.15, 0.2) is 48.5 Å². The van der Waals surface area contributed by atoms with Crippen LogP contribution >= 0.6 is 0 Å². The van der Waals surface area contributed by atoms with E-state index in [4.69, 9.17) is 9.47 Å². The number of carbonyl (C=O) groups excluding carboxylic acids is 1. The number of benzene rings is 2. The summed E-state index contributed by atoms with van der Waals surface area (Å²) in [7, 11) is 0. The fourth-order valence-corrected chi connectivity index (χ4v) is 3.09. The maximum atomic E-state index is 12.1. The summed E-state index contributed by atoms with van der Waals surface area (Å²) >= 11 is 0. The van der Waals surface area contributed by atoms with E-state index < -0.39 is 0 Å². The predicted octanol–water partition coefficient (Wildman–Crippen LogP) is 2.71.